The number of nitrogens with zero attached hydrogens (tertiary/aromatic N) is 5. The second kappa shape index (κ2) is 3.69. The molecule has 16 heavy (non-hydrogen) atoms. The molecule has 0 aliphatic rings. The van der Waals surface area contributed by atoms with Crippen LogP contribution in [0.15, 0.2) is 12.4 Å². The molecule has 0 aromatic carbocycles. The standard InChI is InChI=1S/C9H9N5O2/c1-5-12-6(2)14(13-5)9-10-3-7(4-11-9)8(15)16/h3-4H,1-2H3,(H,15,16). The first-order valence-electron chi connectivity index (χ1n) is 4.54. The highest BCUT2D eigenvalue weighted by Crippen LogP contribution is 2.04. The maximum absolute atomic E-state index is 10.6. The Morgan fingerprint density at radius 2 is 1.94 bits per heavy atom. The third-order valence-corrected chi connectivity index (χ3v) is 1.95. The van der Waals surface area contributed by atoms with Gasteiger partial charge in [0.2, 0.25) is 0 Å². The predicted octanol–water partition coefficient (Wildman–Crippen LogP) is 0.372. The minimum absolute atomic E-state index is 0.0400. The van der Waals surface area contributed by atoms with E-state index in [4.69, 9.17) is 5.11 Å². The molecule has 82 valence electrons. The molecule has 0 saturated heterocycles. The van der Waals surface area contributed by atoms with Gasteiger partial charge in [0.25, 0.3) is 5.95 Å². The predicted molar refractivity (Wildman–Crippen MR) is 53.4 cm³/mol. The lowest BCUT2D eigenvalue weighted by Gasteiger charge is -2.00. The number of aryl methyl sites for hydroxylation is 2. The Bertz CT molecular complexity index is 531. The number of carboxylic acid groups (broad SMARTS) is 1. The van der Waals surface area contributed by atoms with Crippen LogP contribution < -0.4 is 0 Å². The largest absolute Gasteiger partial charge is 0.478 e. The molecule has 0 aliphatic carbocycles. The van der Waals surface area contributed by atoms with E-state index in [-0.39, 0.29) is 5.56 Å². The Kier molecular flexibility index (Phi) is 2.35. The van der Waals surface area contributed by atoms with Gasteiger partial charge in [0.05, 0.1) is 5.56 Å². The molecule has 0 aliphatic heterocycles. The van der Waals surface area contributed by atoms with Crippen molar-refractivity contribution < 1.29 is 9.90 Å². The van der Waals surface area contributed by atoms with Crippen LogP contribution in [0, 0.1) is 13.8 Å². The summed E-state index contributed by atoms with van der Waals surface area (Å²) in [5, 5.41) is 12.8. The molecule has 1 N–H and O–H groups in total. The molecule has 0 fully saturated rings. The number of rotatable bonds is 2. The van der Waals surface area contributed by atoms with Gasteiger partial charge in [-0.3, -0.25) is 0 Å². The maximum Gasteiger partial charge on any atom is 0.338 e. The van der Waals surface area contributed by atoms with Crippen LogP contribution in [0.1, 0.15) is 22.0 Å². The summed E-state index contributed by atoms with van der Waals surface area (Å²) < 4.78 is 1.46. The summed E-state index contributed by atoms with van der Waals surface area (Å²) in [6.45, 7) is 3.53. The molecule has 2 aromatic rings. The van der Waals surface area contributed by atoms with Gasteiger partial charge in [-0.2, -0.15) is 4.68 Å². The molecule has 0 spiro atoms. The van der Waals surface area contributed by atoms with E-state index in [0.29, 0.717) is 17.6 Å². The van der Waals surface area contributed by atoms with Gasteiger partial charge in [0, 0.05) is 12.4 Å². The first kappa shape index (κ1) is 10.2. The van der Waals surface area contributed by atoms with Crippen LogP contribution in [0.2, 0.25) is 0 Å². The third-order valence-electron chi connectivity index (χ3n) is 1.95. The molecule has 0 amide bonds. The van der Waals surface area contributed by atoms with Gasteiger partial charge >= 0.3 is 5.97 Å². The molecular formula is C9H9N5O2. The molecule has 0 saturated carbocycles. The number of carbonyl (C=O) groups is 1. The zero-order chi connectivity index (χ0) is 11.7. The number of aromatic nitrogens is 5. The van der Waals surface area contributed by atoms with Gasteiger partial charge in [-0.15, -0.1) is 5.10 Å². The summed E-state index contributed by atoms with van der Waals surface area (Å²) in [5.41, 5.74) is 0.0400. The molecule has 7 heteroatoms. The lowest BCUT2D eigenvalue weighted by Crippen LogP contribution is -2.07. The van der Waals surface area contributed by atoms with Crippen LogP contribution in [0.25, 0.3) is 5.95 Å². The summed E-state index contributed by atoms with van der Waals surface area (Å²) >= 11 is 0. The van der Waals surface area contributed by atoms with Crippen LogP contribution in [-0.4, -0.2) is 35.8 Å². The van der Waals surface area contributed by atoms with E-state index in [1.54, 1.807) is 13.8 Å². The van der Waals surface area contributed by atoms with Gasteiger partial charge in [-0.05, 0) is 13.8 Å². The van der Waals surface area contributed by atoms with Crippen molar-refractivity contribution in [3.05, 3.63) is 29.6 Å². The van der Waals surface area contributed by atoms with Crippen LogP contribution in [0.5, 0.6) is 0 Å². The van der Waals surface area contributed by atoms with Gasteiger partial charge in [0.1, 0.15) is 11.6 Å². The Balaban J connectivity index is 2.42. The number of carboxylic acids is 1. The summed E-state index contributed by atoms with van der Waals surface area (Å²) in [7, 11) is 0. The molecule has 2 aromatic heterocycles. The Labute approximate surface area is 90.8 Å². The maximum atomic E-state index is 10.6. The lowest BCUT2D eigenvalue weighted by molar-refractivity contribution is 0.0696. The quantitative estimate of drug-likeness (QED) is 0.784. The summed E-state index contributed by atoms with van der Waals surface area (Å²) in [5.74, 6) is 0.519. The average Bonchev–Trinajstić information content (AvgIpc) is 2.58. The fraction of sp³-hybridized carbons (Fsp3) is 0.222. The average molecular weight is 219 g/mol. The lowest BCUT2D eigenvalue weighted by atomic mass is 10.3. The molecule has 2 heterocycles. The van der Waals surface area contributed by atoms with E-state index < -0.39 is 5.97 Å². The molecular weight excluding hydrogens is 210 g/mol. The summed E-state index contributed by atoms with van der Waals surface area (Å²) in [4.78, 5) is 22.5. The highest BCUT2D eigenvalue weighted by Gasteiger charge is 2.09. The minimum atomic E-state index is -1.06. The Hall–Kier alpha value is -2.31. The van der Waals surface area contributed by atoms with Gasteiger partial charge in [-0.25, -0.2) is 19.7 Å². The van der Waals surface area contributed by atoms with Gasteiger partial charge in [0.15, 0.2) is 0 Å². The van der Waals surface area contributed by atoms with E-state index in [2.05, 4.69) is 20.1 Å². The van der Waals surface area contributed by atoms with Crippen LogP contribution in [0.4, 0.5) is 0 Å². The Morgan fingerprint density at radius 1 is 1.31 bits per heavy atom. The summed E-state index contributed by atoms with van der Waals surface area (Å²) in [6, 6.07) is 0. The van der Waals surface area contributed by atoms with E-state index in [9.17, 15) is 4.79 Å². The fourth-order valence-electron chi connectivity index (χ4n) is 1.25. The molecule has 0 radical (unpaired) electrons. The number of hydrogen-bond acceptors (Lipinski definition) is 5. The summed E-state index contributed by atoms with van der Waals surface area (Å²) in [6.07, 6.45) is 2.47. The minimum Gasteiger partial charge on any atom is -0.478 e. The first-order valence-corrected chi connectivity index (χ1v) is 4.54. The normalized spacial score (nSPS) is 10.4. The van der Waals surface area contributed by atoms with E-state index in [1.807, 2.05) is 0 Å². The number of aromatic carboxylic acids is 1. The highest BCUT2D eigenvalue weighted by atomic mass is 16.4. The van der Waals surface area contributed by atoms with E-state index in [1.165, 1.54) is 17.1 Å². The van der Waals surface area contributed by atoms with Crippen LogP contribution in [0.3, 0.4) is 0 Å². The fourth-order valence-corrected chi connectivity index (χ4v) is 1.25. The number of hydrogen-bond donors (Lipinski definition) is 1. The topological polar surface area (TPSA) is 93.8 Å². The van der Waals surface area contributed by atoms with E-state index >= 15 is 0 Å². The van der Waals surface area contributed by atoms with Crippen molar-refractivity contribution in [2.24, 2.45) is 0 Å². The van der Waals surface area contributed by atoms with Crippen molar-refractivity contribution in [3.8, 4) is 5.95 Å². The molecule has 7 nitrogen and oxygen atoms in total. The molecule has 0 atom stereocenters. The van der Waals surface area contributed by atoms with Crippen molar-refractivity contribution >= 4 is 5.97 Å². The third kappa shape index (κ3) is 1.74. The highest BCUT2D eigenvalue weighted by molar-refractivity contribution is 5.86. The molecule has 2 rings (SSSR count). The molecule has 0 bridgehead atoms. The van der Waals surface area contributed by atoms with Crippen molar-refractivity contribution in [3.63, 3.8) is 0 Å². The SMILES string of the molecule is Cc1nc(C)n(-c2ncc(C(=O)O)cn2)n1. The monoisotopic (exact) mass is 219 g/mol. The van der Waals surface area contributed by atoms with Gasteiger partial charge < -0.3 is 5.11 Å². The zero-order valence-corrected chi connectivity index (χ0v) is 8.75. The second-order valence-corrected chi connectivity index (χ2v) is 3.19. The van der Waals surface area contributed by atoms with Crippen molar-refractivity contribution in [2.75, 3.05) is 0 Å². The van der Waals surface area contributed by atoms with Crippen molar-refractivity contribution in [1.82, 2.24) is 24.7 Å². The smallest absolute Gasteiger partial charge is 0.338 e. The van der Waals surface area contributed by atoms with Crippen LogP contribution in [-0.2, 0) is 0 Å². The van der Waals surface area contributed by atoms with E-state index in [0.717, 1.165) is 0 Å². The van der Waals surface area contributed by atoms with Crippen LogP contribution >= 0.6 is 0 Å². The zero-order valence-electron chi connectivity index (χ0n) is 8.75. The van der Waals surface area contributed by atoms with Gasteiger partial charge in [-0.1, -0.05) is 0 Å². The second-order valence-electron chi connectivity index (χ2n) is 3.19. The molecule has 0 unspecified atom stereocenters. The first-order chi connectivity index (χ1) is 7.58. The Morgan fingerprint density at radius 3 is 2.38 bits per heavy atom. The van der Waals surface area contributed by atoms with Crippen molar-refractivity contribution in [2.45, 2.75) is 13.8 Å². The van der Waals surface area contributed by atoms with Crippen molar-refractivity contribution in [1.29, 1.82) is 0 Å².